The Balaban J connectivity index is 3.31. The van der Waals surface area contributed by atoms with Crippen LogP contribution in [0.5, 0.6) is 0 Å². The first-order valence-electron chi connectivity index (χ1n) is 15.9. The van der Waals surface area contributed by atoms with Crippen LogP contribution < -0.4 is 0 Å². The van der Waals surface area contributed by atoms with Gasteiger partial charge in [-0.1, -0.05) is 136 Å². The highest BCUT2D eigenvalue weighted by Crippen LogP contribution is 2.17. The molecule has 0 saturated heterocycles. The van der Waals surface area contributed by atoms with Crippen LogP contribution in [0.1, 0.15) is 175 Å². The van der Waals surface area contributed by atoms with Crippen LogP contribution >= 0.6 is 0 Å². The topological polar surface area (TPSA) is 52.6 Å². The van der Waals surface area contributed by atoms with Crippen molar-refractivity contribution < 1.29 is 19.1 Å². The summed E-state index contributed by atoms with van der Waals surface area (Å²) in [5.41, 5.74) is 0. The van der Waals surface area contributed by atoms with Crippen molar-refractivity contribution in [3.63, 3.8) is 0 Å². The van der Waals surface area contributed by atoms with Crippen molar-refractivity contribution in [3.05, 3.63) is 0 Å². The van der Waals surface area contributed by atoms with Gasteiger partial charge in [-0.25, -0.2) is 0 Å². The molecule has 0 aromatic rings. The van der Waals surface area contributed by atoms with E-state index < -0.39 is 0 Å². The fourth-order valence-corrected chi connectivity index (χ4v) is 4.61. The van der Waals surface area contributed by atoms with E-state index in [4.69, 9.17) is 9.47 Å². The van der Waals surface area contributed by atoms with Gasteiger partial charge in [0.15, 0.2) is 0 Å². The predicted molar refractivity (Wildman–Crippen MR) is 153 cm³/mol. The van der Waals surface area contributed by atoms with E-state index in [0.717, 1.165) is 32.1 Å². The fourth-order valence-electron chi connectivity index (χ4n) is 4.61. The Morgan fingerprint density at radius 3 is 1.36 bits per heavy atom. The second-order valence-corrected chi connectivity index (χ2v) is 11.0. The molecule has 0 aromatic carbocycles. The van der Waals surface area contributed by atoms with Crippen LogP contribution in [0, 0.1) is 5.92 Å². The molecule has 0 aliphatic rings. The monoisotopic (exact) mass is 510 g/mol. The van der Waals surface area contributed by atoms with Crippen molar-refractivity contribution >= 4 is 11.9 Å². The maximum absolute atomic E-state index is 11.9. The van der Waals surface area contributed by atoms with Gasteiger partial charge in [-0.2, -0.15) is 0 Å². The van der Waals surface area contributed by atoms with Gasteiger partial charge in [-0.3, -0.25) is 9.59 Å². The summed E-state index contributed by atoms with van der Waals surface area (Å²) < 4.78 is 10.7. The third-order valence-electron chi connectivity index (χ3n) is 7.19. The third-order valence-corrected chi connectivity index (χ3v) is 7.19. The molecule has 36 heavy (non-hydrogen) atoms. The molecule has 0 saturated carbocycles. The van der Waals surface area contributed by atoms with Gasteiger partial charge < -0.3 is 9.47 Å². The van der Waals surface area contributed by atoms with Crippen LogP contribution in [0.25, 0.3) is 0 Å². The highest BCUT2D eigenvalue weighted by atomic mass is 16.5. The Hall–Kier alpha value is -1.06. The molecule has 0 aromatic heterocycles. The van der Waals surface area contributed by atoms with Crippen molar-refractivity contribution in [2.75, 3.05) is 13.2 Å². The molecule has 0 heterocycles. The van der Waals surface area contributed by atoms with Gasteiger partial charge in [-0.05, 0) is 31.6 Å². The number of rotatable bonds is 28. The van der Waals surface area contributed by atoms with Gasteiger partial charge >= 0.3 is 11.9 Å². The van der Waals surface area contributed by atoms with Crippen molar-refractivity contribution in [2.45, 2.75) is 175 Å². The summed E-state index contributed by atoms with van der Waals surface area (Å²) in [4.78, 5) is 23.6. The summed E-state index contributed by atoms with van der Waals surface area (Å²) in [6.45, 7) is 7.91. The van der Waals surface area contributed by atoms with Crippen LogP contribution in [0.2, 0.25) is 0 Å². The molecule has 1 unspecified atom stereocenters. The zero-order valence-electron chi connectivity index (χ0n) is 24.6. The van der Waals surface area contributed by atoms with E-state index in [1.165, 1.54) is 109 Å². The molecule has 0 rings (SSSR count). The zero-order valence-corrected chi connectivity index (χ0v) is 24.6. The standard InChI is InChI=1S/C32H62O4/c1-4-6-8-18-22-28-35-31(33)25-21-17-15-13-11-10-12-14-16-20-24-30(3)26-27-32(34)36-29-23-19-9-7-5-2/h30H,4-29H2,1-3H3. The van der Waals surface area contributed by atoms with E-state index in [-0.39, 0.29) is 11.9 Å². The molecule has 0 bridgehead atoms. The lowest BCUT2D eigenvalue weighted by Crippen LogP contribution is -2.08. The smallest absolute Gasteiger partial charge is 0.305 e. The molecule has 0 radical (unpaired) electrons. The molecular formula is C32H62O4. The number of ether oxygens (including phenoxy) is 2. The molecule has 0 aliphatic heterocycles. The van der Waals surface area contributed by atoms with Crippen LogP contribution in [0.15, 0.2) is 0 Å². The number of unbranched alkanes of at least 4 members (excludes halogenated alkanes) is 17. The Morgan fingerprint density at radius 2 is 0.861 bits per heavy atom. The molecule has 214 valence electrons. The Labute approximate surface area is 225 Å². The van der Waals surface area contributed by atoms with Crippen LogP contribution in [0.4, 0.5) is 0 Å². The van der Waals surface area contributed by atoms with E-state index in [0.29, 0.717) is 32.0 Å². The Bertz CT molecular complexity index is 477. The highest BCUT2D eigenvalue weighted by molar-refractivity contribution is 5.69. The van der Waals surface area contributed by atoms with Gasteiger partial charge in [0.2, 0.25) is 0 Å². The van der Waals surface area contributed by atoms with E-state index in [1.54, 1.807) is 0 Å². The third kappa shape index (κ3) is 27.5. The first-order valence-corrected chi connectivity index (χ1v) is 15.9. The van der Waals surface area contributed by atoms with Gasteiger partial charge in [0.1, 0.15) is 0 Å². The average molecular weight is 511 g/mol. The quantitative estimate of drug-likeness (QED) is 0.0776. The summed E-state index contributed by atoms with van der Waals surface area (Å²) in [5.74, 6) is 0.600. The zero-order chi connectivity index (χ0) is 26.5. The van der Waals surface area contributed by atoms with E-state index >= 15 is 0 Å². The maximum atomic E-state index is 11.9. The minimum Gasteiger partial charge on any atom is -0.466 e. The number of esters is 2. The molecule has 4 nitrogen and oxygen atoms in total. The van der Waals surface area contributed by atoms with Crippen molar-refractivity contribution in [2.24, 2.45) is 5.92 Å². The first-order chi connectivity index (χ1) is 17.6. The summed E-state index contributed by atoms with van der Waals surface area (Å²) in [7, 11) is 0. The highest BCUT2D eigenvalue weighted by Gasteiger charge is 2.08. The molecular weight excluding hydrogens is 448 g/mol. The average Bonchev–Trinajstić information content (AvgIpc) is 2.87. The van der Waals surface area contributed by atoms with Crippen LogP contribution in [-0.2, 0) is 19.1 Å². The summed E-state index contributed by atoms with van der Waals surface area (Å²) in [6, 6.07) is 0. The minimum absolute atomic E-state index is 0.00657. The summed E-state index contributed by atoms with van der Waals surface area (Å²) >= 11 is 0. The van der Waals surface area contributed by atoms with E-state index in [1.807, 2.05) is 0 Å². The first kappa shape index (κ1) is 34.9. The SMILES string of the molecule is CCCCCCCOC(=O)CCCCCCCCCCCCC(C)CCC(=O)OCCCCCCC. The lowest BCUT2D eigenvalue weighted by atomic mass is 9.97. The maximum Gasteiger partial charge on any atom is 0.305 e. The van der Waals surface area contributed by atoms with Gasteiger partial charge in [0.05, 0.1) is 13.2 Å². The fraction of sp³-hybridized carbons (Fsp3) is 0.938. The summed E-state index contributed by atoms with van der Waals surface area (Å²) in [6.07, 6.45) is 27.9. The molecule has 1 atom stereocenters. The largest absolute Gasteiger partial charge is 0.466 e. The molecule has 0 N–H and O–H groups in total. The van der Waals surface area contributed by atoms with Crippen LogP contribution in [0.3, 0.4) is 0 Å². The summed E-state index contributed by atoms with van der Waals surface area (Å²) in [5, 5.41) is 0. The van der Waals surface area contributed by atoms with Gasteiger partial charge in [-0.15, -0.1) is 0 Å². The molecule has 0 amide bonds. The molecule has 0 spiro atoms. The number of hydrogen-bond donors (Lipinski definition) is 0. The normalized spacial score (nSPS) is 12.0. The number of hydrogen-bond acceptors (Lipinski definition) is 4. The molecule has 0 fully saturated rings. The minimum atomic E-state index is -0.00885. The van der Waals surface area contributed by atoms with Crippen molar-refractivity contribution in [1.29, 1.82) is 0 Å². The van der Waals surface area contributed by atoms with Crippen molar-refractivity contribution in [1.82, 2.24) is 0 Å². The van der Waals surface area contributed by atoms with Gasteiger partial charge in [0, 0.05) is 12.8 Å². The number of carbonyl (C=O) groups is 2. The second-order valence-electron chi connectivity index (χ2n) is 11.0. The van der Waals surface area contributed by atoms with E-state index in [9.17, 15) is 9.59 Å². The number of carbonyl (C=O) groups excluding carboxylic acids is 2. The van der Waals surface area contributed by atoms with Crippen molar-refractivity contribution in [3.8, 4) is 0 Å². The Kier molecular flexibility index (Phi) is 27.7. The predicted octanol–water partition coefficient (Wildman–Crippen LogP) is 10.1. The van der Waals surface area contributed by atoms with Gasteiger partial charge in [0.25, 0.3) is 0 Å². The second kappa shape index (κ2) is 28.5. The molecule has 4 heteroatoms. The molecule has 0 aliphatic carbocycles. The lowest BCUT2D eigenvalue weighted by Gasteiger charge is -2.11. The van der Waals surface area contributed by atoms with E-state index in [2.05, 4.69) is 20.8 Å². The Morgan fingerprint density at radius 1 is 0.472 bits per heavy atom. The van der Waals surface area contributed by atoms with Crippen LogP contribution in [-0.4, -0.2) is 25.2 Å². The lowest BCUT2D eigenvalue weighted by molar-refractivity contribution is -0.144.